The third kappa shape index (κ3) is 4.43. The van der Waals surface area contributed by atoms with Gasteiger partial charge < -0.3 is 4.57 Å². The summed E-state index contributed by atoms with van der Waals surface area (Å²) in [5.74, 6) is 1.05. The highest BCUT2D eigenvalue weighted by molar-refractivity contribution is 6.15. The average molecular weight is 619 g/mol. The summed E-state index contributed by atoms with van der Waals surface area (Å²) in [6.07, 6.45) is 1.94. The molecule has 1 aromatic heterocycles. The van der Waals surface area contributed by atoms with E-state index >= 15 is 0 Å². The molecule has 1 aliphatic carbocycles. The Hall–Kier alpha value is -5.47. The molecule has 232 valence electrons. The van der Waals surface area contributed by atoms with Gasteiger partial charge in [0, 0.05) is 12.0 Å². The van der Waals surface area contributed by atoms with Gasteiger partial charge in [-0.3, -0.25) is 0 Å². The topological polar surface area (TPSA) is 17.8 Å². The molecule has 1 heterocycles. The zero-order valence-corrected chi connectivity index (χ0v) is 27.8. The Kier molecular flexibility index (Phi) is 6.62. The van der Waals surface area contributed by atoms with Crippen LogP contribution < -0.4 is 0 Å². The van der Waals surface area contributed by atoms with E-state index < -0.39 is 0 Å². The molecule has 2 nitrogen and oxygen atoms in total. The van der Waals surface area contributed by atoms with Gasteiger partial charge >= 0.3 is 0 Å². The van der Waals surface area contributed by atoms with Gasteiger partial charge in [0.25, 0.3) is 0 Å². The van der Waals surface area contributed by atoms with Crippen molar-refractivity contribution in [3.05, 3.63) is 173 Å². The number of nitrogens with zero attached hydrogens (tertiary/aromatic N) is 2. The minimum Gasteiger partial charge on any atom is -0.324 e. The van der Waals surface area contributed by atoms with Crippen LogP contribution in [0.1, 0.15) is 47.5 Å². The highest BCUT2D eigenvalue weighted by Gasteiger charge is 2.35. The molecule has 8 aromatic rings. The molecular formula is C46H38N2. The fourth-order valence-electron chi connectivity index (χ4n) is 8.44. The van der Waals surface area contributed by atoms with Crippen molar-refractivity contribution < 1.29 is 0 Å². The van der Waals surface area contributed by atoms with E-state index in [1.54, 1.807) is 0 Å². The maximum atomic E-state index is 4.83. The zero-order valence-electron chi connectivity index (χ0n) is 27.8. The molecule has 0 N–H and O–H groups in total. The predicted molar refractivity (Wildman–Crippen MR) is 202 cm³/mol. The molecule has 0 spiro atoms. The van der Waals surface area contributed by atoms with Crippen LogP contribution >= 0.6 is 0 Å². The van der Waals surface area contributed by atoms with Crippen molar-refractivity contribution in [1.82, 2.24) is 9.55 Å². The molecule has 0 fully saturated rings. The number of aromatic nitrogens is 2. The smallest absolute Gasteiger partial charge is 0.107 e. The van der Waals surface area contributed by atoms with Crippen LogP contribution in [0.3, 0.4) is 0 Å². The third-order valence-electron chi connectivity index (χ3n) is 10.9. The number of imidazole rings is 1. The number of hydrogen-bond acceptors (Lipinski definition) is 1. The normalized spacial score (nSPS) is 13.3. The van der Waals surface area contributed by atoms with E-state index in [4.69, 9.17) is 4.98 Å². The lowest BCUT2D eigenvalue weighted by Crippen LogP contribution is -2.14. The number of benzene rings is 7. The summed E-state index contributed by atoms with van der Waals surface area (Å²) < 4.78 is 2.35. The number of rotatable bonds is 6. The van der Waals surface area contributed by atoms with Crippen LogP contribution in [0.4, 0.5) is 0 Å². The fraction of sp³-hybridized carbons (Fsp3) is 0.152. The molecule has 0 aliphatic heterocycles. The number of aryl methyl sites for hydroxylation is 3. The molecule has 2 heteroatoms. The highest BCUT2D eigenvalue weighted by atomic mass is 15.1. The first kappa shape index (κ1) is 28.7. The van der Waals surface area contributed by atoms with Crippen molar-refractivity contribution in [3.63, 3.8) is 0 Å². The van der Waals surface area contributed by atoms with Crippen LogP contribution in [0, 0.1) is 6.92 Å². The summed E-state index contributed by atoms with van der Waals surface area (Å²) in [4.78, 5) is 4.83. The molecule has 48 heavy (non-hydrogen) atoms. The van der Waals surface area contributed by atoms with E-state index in [1.165, 1.54) is 77.1 Å². The minimum absolute atomic E-state index is 0.0393. The van der Waals surface area contributed by atoms with Crippen LogP contribution in [0.5, 0.6) is 0 Å². The van der Waals surface area contributed by atoms with Crippen LogP contribution in [0.25, 0.3) is 54.8 Å². The van der Waals surface area contributed by atoms with Gasteiger partial charge in [-0.15, -0.1) is 0 Å². The molecule has 0 radical (unpaired) electrons. The molecule has 0 atom stereocenters. The monoisotopic (exact) mass is 618 g/mol. The van der Waals surface area contributed by atoms with Crippen molar-refractivity contribution in [3.8, 4) is 22.3 Å². The molecule has 0 unspecified atom stereocenters. The maximum Gasteiger partial charge on any atom is 0.107 e. The van der Waals surface area contributed by atoms with Gasteiger partial charge in [0.1, 0.15) is 5.82 Å². The van der Waals surface area contributed by atoms with Crippen LogP contribution in [-0.4, -0.2) is 9.55 Å². The standard InChI is InChI=1S/C46H38N2/c1-30-47-43-22-12-13-23-44(43)48(30)29-33-15-5-4-14-31(33)24-26-36-34-16-6-8-19-39(34)45(40-20-9-7-17-35(36)40)32-25-27-38-37-18-10-11-21-41(37)46(2,3)42(38)28-32/h4-23,25,27-28H,24,26,29H2,1-3H3. The van der Waals surface area contributed by atoms with Crippen LogP contribution in [0.15, 0.2) is 140 Å². The van der Waals surface area contributed by atoms with Crippen molar-refractivity contribution in [1.29, 1.82) is 0 Å². The minimum atomic E-state index is -0.0393. The lowest BCUT2D eigenvalue weighted by atomic mass is 9.80. The first-order valence-corrected chi connectivity index (χ1v) is 17.1. The van der Waals surface area contributed by atoms with Crippen molar-refractivity contribution in [2.75, 3.05) is 0 Å². The first-order chi connectivity index (χ1) is 23.5. The second-order valence-electron chi connectivity index (χ2n) is 13.9. The lowest BCUT2D eigenvalue weighted by Gasteiger charge is -2.23. The molecule has 0 bridgehead atoms. The van der Waals surface area contributed by atoms with Crippen molar-refractivity contribution >= 4 is 32.6 Å². The van der Waals surface area contributed by atoms with E-state index in [2.05, 4.69) is 165 Å². The van der Waals surface area contributed by atoms with E-state index in [0.29, 0.717) is 0 Å². The first-order valence-electron chi connectivity index (χ1n) is 17.1. The van der Waals surface area contributed by atoms with E-state index in [9.17, 15) is 0 Å². The van der Waals surface area contributed by atoms with Crippen molar-refractivity contribution in [2.45, 2.75) is 45.6 Å². The SMILES string of the molecule is Cc1nc2ccccc2n1Cc1ccccc1CCc1c2ccccc2c(-c2ccc3c(c2)C(C)(C)c2ccccc2-3)c2ccccc12. The Labute approximate surface area is 282 Å². The van der Waals surface area contributed by atoms with Gasteiger partial charge in [0.2, 0.25) is 0 Å². The second kappa shape index (κ2) is 11.1. The Morgan fingerprint density at radius 2 is 1.17 bits per heavy atom. The zero-order chi connectivity index (χ0) is 32.4. The highest BCUT2D eigenvalue weighted by Crippen LogP contribution is 2.50. The summed E-state index contributed by atoms with van der Waals surface area (Å²) in [7, 11) is 0. The summed E-state index contributed by atoms with van der Waals surface area (Å²) in [5, 5.41) is 5.35. The summed E-state index contributed by atoms with van der Waals surface area (Å²) in [6.45, 7) is 7.68. The van der Waals surface area contributed by atoms with Gasteiger partial charge in [-0.2, -0.15) is 0 Å². The van der Waals surface area contributed by atoms with Gasteiger partial charge in [-0.1, -0.05) is 135 Å². The molecule has 0 saturated carbocycles. The predicted octanol–water partition coefficient (Wildman–Crippen LogP) is 11.5. The van der Waals surface area contributed by atoms with Crippen molar-refractivity contribution in [2.24, 2.45) is 0 Å². The largest absolute Gasteiger partial charge is 0.324 e. The quantitative estimate of drug-likeness (QED) is 0.170. The van der Waals surface area contributed by atoms with Gasteiger partial charge in [0.15, 0.2) is 0 Å². The summed E-state index contributed by atoms with van der Waals surface area (Å²) >= 11 is 0. The average Bonchev–Trinajstić information content (AvgIpc) is 3.56. The fourth-order valence-corrected chi connectivity index (χ4v) is 8.44. The molecule has 7 aromatic carbocycles. The number of hydrogen-bond donors (Lipinski definition) is 0. The van der Waals surface area contributed by atoms with E-state index in [-0.39, 0.29) is 5.41 Å². The second-order valence-corrected chi connectivity index (χ2v) is 13.9. The number of fused-ring (bicyclic) bond motifs is 6. The van der Waals surface area contributed by atoms with Gasteiger partial charge in [-0.25, -0.2) is 4.98 Å². The molecule has 0 saturated heterocycles. The van der Waals surface area contributed by atoms with Crippen LogP contribution in [-0.2, 0) is 24.8 Å². The Morgan fingerprint density at radius 1 is 0.562 bits per heavy atom. The Balaban J connectivity index is 1.14. The van der Waals surface area contributed by atoms with Gasteiger partial charge in [0.05, 0.1) is 11.0 Å². The molecule has 1 aliphatic rings. The van der Waals surface area contributed by atoms with E-state index in [1.807, 2.05) is 0 Å². The number of para-hydroxylation sites is 2. The summed E-state index contributed by atoms with van der Waals surface area (Å²) in [5.41, 5.74) is 14.6. The Morgan fingerprint density at radius 3 is 1.94 bits per heavy atom. The molecule has 9 rings (SSSR count). The van der Waals surface area contributed by atoms with Crippen LogP contribution in [0.2, 0.25) is 0 Å². The molecular weight excluding hydrogens is 581 g/mol. The van der Waals surface area contributed by atoms with Gasteiger partial charge in [-0.05, 0) is 110 Å². The van der Waals surface area contributed by atoms with E-state index in [0.717, 1.165) is 30.7 Å². The maximum absolute atomic E-state index is 4.83. The molecule has 0 amide bonds. The summed E-state index contributed by atoms with van der Waals surface area (Å²) in [6, 6.07) is 51.6. The Bertz CT molecular complexity index is 2470. The third-order valence-corrected chi connectivity index (χ3v) is 10.9. The lowest BCUT2D eigenvalue weighted by molar-refractivity contribution is 0.660.